The fraction of sp³-hybridized carbons (Fsp3) is 0.265. The van der Waals surface area contributed by atoms with Gasteiger partial charge in [0.2, 0.25) is 0 Å². The number of carbonyl (C=O) groups excluding carboxylic acids is 1. The summed E-state index contributed by atoms with van der Waals surface area (Å²) in [6, 6.07) is 20.1. The first-order valence-corrected chi connectivity index (χ1v) is 15.2. The average Bonchev–Trinajstić information content (AvgIpc) is 3.36. The molecule has 4 aromatic rings. The van der Waals surface area contributed by atoms with Gasteiger partial charge in [-0.05, 0) is 67.8 Å². The molecule has 44 heavy (non-hydrogen) atoms. The minimum absolute atomic E-state index is 0.233. The van der Waals surface area contributed by atoms with Crippen LogP contribution in [0.5, 0.6) is 23.0 Å². The molecule has 0 saturated carbocycles. The second-order valence-electron chi connectivity index (χ2n) is 9.66. The highest BCUT2D eigenvalue weighted by atomic mass is 32.1. The topological polar surface area (TPSA) is 97.6 Å². The lowest BCUT2D eigenvalue weighted by Gasteiger charge is -2.23. The van der Waals surface area contributed by atoms with E-state index in [1.165, 1.54) is 29.2 Å². The number of benzene rings is 3. The molecule has 0 N–H and O–H groups in total. The van der Waals surface area contributed by atoms with Crippen LogP contribution in [0.4, 0.5) is 0 Å². The number of esters is 1. The molecule has 228 valence electrons. The molecular weight excluding hydrogens is 580 g/mol. The Morgan fingerprint density at radius 3 is 2.23 bits per heavy atom. The van der Waals surface area contributed by atoms with E-state index >= 15 is 0 Å². The van der Waals surface area contributed by atoms with Crippen molar-refractivity contribution in [1.29, 1.82) is 0 Å². The van der Waals surface area contributed by atoms with Gasteiger partial charge in [0.05, 0.1) is 43.1 Å². The van der Waals surface area contributed by atoms with Gasteiger partial charge in [0.1, 0.15) is 6.61 Å². The summed E-state index contributed by atoms with van der Waals surface area (Å²) in [6.07, 6.45) is 3.25. The number of carbonyl (C=O) groups is 1. The van der Waals surface area contributed by atoms with Crippen molar-refractivity contribution < 1.29 is 28.5 Å². The van der Waals surface area contributed by atoms with Gasteiger partial charge in [-0.1, -0.05) is 53.8 Å². The van der Waals surface area contributed by atoms with E-state index in [2.05, 4.69) is 4.99 Å². The zero-order valence-corrected chi connectivity index (χ0v) is 25.9. The molecule has 0 bridgehead atoms. The minimum atomic E-state index is -0.775. The van der Waals surface area contributed by atoms with Crippen molar-refractivity contribution in [3.63, 3.8) is 0 Å². The monoisotopic (exact) mass is 614 g/mol. The molecule has 0 spiro atoms. The summed E-state index contributed by atoms with van der Waals surface area (Å²) in [5.74, 6) is 1.71. The zero-order chi connectivity index (χ0) is 31.1. The molecule has 9 nitrogen and oxygen atoms in total. The van der Waals surface area contributed by atoms with Crippen molar-refractivity contribution in [3.05, 3.63) is 115 Å². The maximum absolute atomic E-state index is 14.0. The second-order valence-corrected chi connectivity index (χ2v) is 10.7. The molecule has 10 heteroatoms. The highest BCUT2D eigenvalue weighted by Gasteiger charge is 2.31. The van der Waals surface area contributed by atoms with Crippen LogP contribution < -0.4 is 33.8 Å². The summed E-state index contributed by atoms with van der Waals surface area (Å²) >= 11 is 1.24. The van der Waals surface area contributed by atoms with Gasteiger partial charge in [-0.2, -0.15) is 0 Å². The highest BCUT2D eigenvalue weighted by molar-refractivity contribution is 7.07. The fourth-order valence-corrected chi connectivity index (χ4v) is 5.85. The molecule has 2 heterocycles. The molecule has 0 aliphatic carbocycles. The summed E-state index contributed by atoms with van der Waals surface area (Å²) in [4.78, 5) is 31.8. The van der Waals surface area contributed by atoms with E-state index in [0.29, 0.717) is 64.3 Å². The molecule has 5 rings (SSSR count). The van der Waals surface area contributed by atoms with Gasteiger partial charge in [-0.25, -0.2) is 9.79 Å². The van der Waals surface area contributed by atoms with Crippen molar-refractivity contribution in [2.75, 3.05) is 26.9 Å². The first-order chi connectivity index (χ1) is 21.5. The standard InChI is InChI=1S/C34H34N2O7S/c1-5-40-26-16-14-24(19-29(26)42-7-3)31-25(33(38)39-4)20-35-34-36(31)32(37)30(44-34)18-23-13-15-27(28(17-23)41-6-2)43-21-22-11-9-8-10-12-22/h8-20,31H,5-7,21H2,1-4H3/b30-18-/t31-/m0/s1. The Hall–Kier alpha value is -4.83. The van der Waals surface area contributed by atoms with Crippen LogP contribution in [-0.2, 0) is 16.1 Å². The maximum atomic E-state index is 14.0. The van der Waals surface area contributed by atoms with Gasteiger partial charge < -0.3 is 23.7 Å². The number of aromatic nitrogens is 1. The van der Waals surface area contributed by atoms with Gasteiger partial charge >= 0.3 is 5.97 Å². The van der Waals surface area contributed by atoms with Crippen LogP contribution in [0, 0.1) is 0 Å². The second kappa shape index (κ2) is 14.1. The van der Waals surface area contributed by atoms with Crippen LogP contribution in [0.2, 0.25) is 0 Å². The van der Waals surface area contributed by atoms with Crippen molar-refractivity contribution in [3.8, 4) is 23.0 Å². The lowest BCUT2D eigenvalue weighted by Crippen LogP contribution is -2.39. The summed E-state index contributed by atoms with van der Waals surface area (Å²) < 4.78 is 30.5. The van der Waals surface area contributed by atoms with Gasteiger partial charge in [-0.3, -0.25) is 9.36 Å². The third kappa shape index (κ3) is 6.55. The number of methoxy groups -OCH3 is 1. The van der Waals surface area contributed by atoms with Crippen LogP contribution in [0.15, 0.2) is 88.3 Å². The smallest absolute Gasteiger partial charge is 0.337 e. The maximum Gasteiger partial charge on any atom is 0.337 e. The summed E-state index contributed by atoms with van der Waals surface area (Å²) in [5, 5.41) is 0. The summed E-state index contributed by atoms with van der Waals surface area (Å²) in [5.41, 5.74) is 2.41. The lowest BCUT2D eigenvalue weighted by atomic mass is 9.97. The number of thiazole rings is 1. The average molecular weight is 615 g/mol. The van der Waals surface area contributed by atoms with Crippen molar-refractivity contribution in [2.45, 2.75) is 33.4 Å². The number of hydrogen-bond donors (Lipinski definition) is 0. The van der Waals surface area contributed by atoms with Crippen LogP contribution >= 0.6 is 11.3 Å². The molecule has 0 fully saturated rings. The van der Waals surface area contributed by atoms with E-state index in [0.717, 1.165) is 11.1 Å². The van der Waals surface area contributed by atoms with Crippen LogP contribution in [0.1, 0.15) is 43.5 Å². The first-order valence-electron chi connectivity index (χ1n) is 14.4. The first kappa shape index (κ1) is 30.6. The molecular formula is C34H34N2O7S. The van der Waals surface area contributed by atoms with Crippen molar-refractivity contribution >= 4 is 23.4 Å². The van der Waals surface area contributed by atoms with Gasteiger partial charge in [0, 0.05) is 6.20 Å². The number of hydrogen-bond acceptors (Lipinski definition) is 9. The molecule has 0 amide bonds. The molecule has 1 aromatic heterocycles. The van der Waals surface area contributed by atoms with E-state index in [4.69, 9.17) is 23.7 Å². The number of rotatable bonds is 12. The molecule has 0 unspecified atom stereocenters. The number of ether oxygens (including phenoxy) is 5. The molecule has 0 saturated heterocycles. The van der Waals surface area contributed by atoms with Crippen LogP contribution in [0.25, 0.3) is 6.08 Å². The summed E-state index contributed by atoms with van der Waals surface area (Å²) in [7, 11) is 1.30. The van der Waals surface area contributed by atoms with Crippen molar-refractivity contribution in [1.82, 2.24) is 4.57 Å². The normalized spacial score (nSPS) is 14.2. The van der Waals surface area contributed by atoms with Gasteiger partial charge in [0.25, 0.3) is 5.56 Å². The Balaban J connectivity index is 1.55. The molecule has 1 atom stereocenters. The molecule has 0 radical (unpaired) electrons. The van der Waals surface area contributed by atoms with Gasteiger partial charge in [0.15, 0.2) is 27.8 Å². The van der Waals surface area contributed by atoms with E-state index in [1.54, 1.807) is 18.2 Å². The number of nitrogens with zero attached hydrogens (tertiary/aromatic N) is 2. The molecule has 1 aliphatic rings. The van der Waals surface area contributed by atoms with Crippen LogP contribution in [-0.4, -0.2) is 37.5 Å². The predicted molar refractivity (Wildman–Crippen MR) is 168 cm³/mol. The van der Waals surface area contributed by atoms with E-state index < -0.39 is 12.0 Å². The van der Waals surface area contributed by atoms with E-state index in [9.17, 15) is 9.59 Å². The zero-order valence-electron chi connectivity index (χ0n) is 25.1. The Bertz CT molecular complexity index is 1840. The largest absolute Gasteiger partial charge is 0.490 e. The molecule has 3 aromatic carbocycles. The Morgan fingerprint density at radius 1 is 0.864 bits per heavy atom. The third-order valence-corrected chi connectivity index (χ3v) is 7.81. The Kier molecular flexibility index (Phi) is 9.81. The fourth-order valence-electron chi connectivity index (χ4n) is 4.88. The van der Waals surface area contributed by atoms with E-state index in [-0.39, 0.29) is 11.1 Å². The highest BCUT2D eigenvalue weighted by Crippen LogP contribution is 2.35. The summed E-state index contributed by atoms with van der Waals surface area (Å²) in [6.45, 7) is 7.42. The van der Waals surface area contributed by atoms with E-state index in [1.807, 2.05) is 75.4 Å². The SMILES string of the molecule is CCOc1ccc([C@H]2C(C(=O)OC)=CN=c3s/c(=C\c4ccc(OCc5ccccc5)c(OCC)c4)c(=O)n32)cc1OCC. The number of fused-ring (bicyclic) bond motifs is 1. The van der Waals surface area contributed by atoms with Crippen LogP contribution in [0.3, 0.4) is 0 Å². The third-order valence-electron chi connectivity index (χ3n) is 6.81. The Morgan fingerprint density at radius 2 is 1.52 bits per heavy atom. The van der Waals surface area contributed by atoms with Crippen molar-refractivity contribution in [2.24, 2.45) is 4.99 Å². The molecule has 1 aliphatic heterocycles. The minimum Gasteiger partial charge on any atom is -0.490 e. The predicted octanol–water partition coefficient (Wildman–Crippen LogP) is 4.79. The quantitative estimate of drug-likeness (QED) is 0.212. The lowest BCUT2D eigenvalue weighted by molar-refractivity contribution is -0.136. The Labute approximate surface area is 259 Å². The van der Waals surface area contributed by atoms with Gasteiger partial charge in [-0.15, -0.1) is 0 Å².